The van der Waals surface area contributed by atoms with Gasteiger partial charge in [0.15, 0.2) is 0 Å². The molecule has 2 aliphatic rings. The first-order valence-electron chi connectivity index (χ1n) is 22.6. The number of pyridine rings is 2. The van der Waals surface area contributed by atoms with Crippen molar-refractivity contribution in [3.8, 4) is 11.4 Å². The summed E-state index contributed by atoms with van der Waals surface area (Å²) in [5, 5.41) is 34.3. The van der Waals surface area contributed by atoms with E-state index in [9.17, 15) is 46.5 Å². The Bertz CT molecular complexity index is 2540. The summed E-state index contributed by atoms with van der Waals surface area (Å²) in [7, 11) is 0. The Kier molecular flexibility index (Phi) is 17.3. The van der Waals surface area contributed by atoms with Crippen LogP contribution in [0.25, 0.3) is 5.69 Å². The maximum atomic E-state index is 14.0. The van der Waals surface area contributed by atoms with Crippen molar-refractivity contribution in [2.75, 3.05) is 44.6 Å². The number of hydrogen-bond acceptors (Lipinski definition) is 12. The van der Waals surface area contributed by atoms with Crippen molar-refractivity contribution < 1.29 is 56.0 Å². The van der Waals surface area contributed by atoms with Gasteiger partial charge in [0.2, 0.25) is 11.8 Å². The van der Waals surface area contributed by atoms with Crippen LogP contribution in [0.5, 0.6) is 5.75 Å². The van der Waals surface area contributed by atoms with E-state index in [1.54, 1.807) is 62.2 Å². The smallest absolute Gasteiger partial charge is 0.412 e. The normalized spacial score (nSPS) is 18.5. The maximum Gasteiger partial charge on any atom is 0.412 e. The molecule has 2 aromatic carbocycles. The number of nitrogens with zero attached hydrogens (tertiary/aromatic N) is 6. The lowest BCUT2D eigenvalue weighted by atomic mass is 9.90. The number of halogens is 5. The highest BCUT2D eigenvalue weighted by Gasteiger charge is 2.42. The molecule has 16 nitrogen and oxygen atoms in total. The van der Waals surface area contributed by atoms with Gasteiger partial charge in [-0.3, -0.25) is 34.7 Å². The van der Waals surface area contributed by atoms with Crippen LogP contribution in [0.1, 0.15) is 63.9 Å². The first kappa shape index (κ1) is 52.8. The number of aliphatic hydroxyl groups is 2. The third-order valence-electron chi connectivity index (χ3n) is 11.6. The predicted molar refractivity (Wildman–Crippen MR) is 247 cm³/mol. The molecule has 5 aromatic rings. The van der Waals surface area contributed by atoms with Crippen LogP contribution in [-0.4, -0.2) is 127 Å². The molecular formula is C49H58F5N9O7. The summed E-state index contributed by atoms with van der Waals surface area (Å²) < 4.78 is 78.4. The van der Waals surface area contributed by atoms with Gasteiger partial charge in [0.05, 0.1) is 59.5 Å². The van der Waals surface area contributed by atoms with Gasteiger partial charge in [-0.25, -0.2) is 18.3 Å². The Balaban J connectivity index is 0.000000458. The van der Waals surface area contributed by atoms with Crippen molar-refractivity contribution >= 4 is 23.6 Å². The molecule has 3 amide bonds. The lowest BCUT2D eigenvalue weighted by Crippen LogP contribution is -2.63. The van der Waals surface area contributed by atoms with Crippen molar-refractivity contribution in [3.05, 3.63) is 132 Å². The number of hydrogen-bond donors (Lipinski definition) is 5. The van der Waals surface area contributed by atoms with Gasteiger partial charge in [-0.1, -0.05) is 48.5 Å². The highest BCUT2D eigenvalue weighted by molar-refractivity contribution is 5.84. The standard InChI is InChI=1S/C39H45F4N7O5.C10H13FN2O2/c1-38(2,34-12-13-50(47-34)28-18-27(40)19-44-20-28)49-15-14-48(31(22-49)37(54)45-24-39(41,42)43)21-29(51)17-26(16-25-8-4-3-5-9-25)36(53)46-35-30-10-6-7-11-33(30)55-23-32(35)52;1-10(2,3)15-9(14)13-8-4-7(11)5-12-6-8/h3-13,18-20,26,29,31-32,35,51-52H,14-17,21-24H2,1-2H3,(H,45,54)(H,46,53);4-6H,1-3H3,(H,13,14)/t26-,29+,31+,32-,35+;/m1./s1. The fourth-order valence-electron chi connectivity index (χ4n) is 8.13. The van der Waals surface area contributed by atoms with Crippen LogP contribution in [0.3, 0.4) is 0 Å². The summed E-state index contributed by atoms with van der Waals surface area (Å²) in [6.45, 7) is 7.94. The van der Waals surface area contributed by atoms with E-state index in [0.717, 1.165) is 24.0 Å². The molecule has 70 heavy (non-hydrogen) atoms. The minimum Gasteiger partial charge on any atom is -0.490 e. The Labute approximate surface area is 402 Å². The second kappa shape index (κ2) is 22.9. The lowest BCUT2D eigenvalue weighted by Gasteiger charge is -2.47. The lowest BCUT2D eigenvalue weighted by molar-refractivity contribution is -0.144. The highest BCUT2D eigenvalue weighted by Crippen LogP contribution is 2.33. The number of ether oxygens (including phenoxy) is 2. The molecule has 5 atom stereocenters. The minimum absolute atomic E-state index is 0.00672. The molecule has 0 bridgehead atoms. The van der Waals surface area contributed by atoms with E-state index < -0.39 is 83.6 Å². The molecule has 2 aliphatic heterocycles. The number of rotatable bonds is 14. The number of alkyl halides is 3. The van der Waals surface area contributed by atoms with Crippen LogP contribution in [0, 0.1) is 17.6 Å². The monoisotopic (exact) mass is 979 g/mol. The molecule has 0 aliphatic carbocycles. The maximum absolute atomic E-state index is 14.0. The van der Waals surface area contributed by atoms with Gasteiger partial charge in [-0.2, -0.15) is 18.3 Å². The van der Waals surface area contributed by atoms with E-state index in [-0.39, 0.29) is 44.8 Å². The zero-order chi connectivity index (χ0) is 50.8. The number of benzene rings is 2. The Morgan fingerprint density at radius 2 is 1.59 bits per heavy atom. The van der Waals surface area contributed by atoms with E-state index in [2.05, 4.69) is 25.7 Å². The largest absolute Gasteiger partial charge is 0.490 e. The van der Waals surface area contributed by atoms with E-state index >= 15 is 0 Å². The Morgan fingerprint density at radius 3 is 2.27 bits per heavy atom. The van der Waals surface area contributed by atoms with Crippen molar-refractivity contribution in [2.45, 2.75) is 89.1 Å². The van der Waals surface area contributed by atoms with Crippen molar-refractivity contribution in [2.24, 2.45) is 5.92 Å². The number of amides is 3. The summed E-state index contributed by atoms with van der Waals surface area (Å²) in [5.74, 6) is -2.51. The van der Waals surface area contributed by atoms with Gasteiger partial charge in [0.1, 0.15) is 48.3 Å². The molecule has 5 heterocycles. The van der Waals surface area contributed by atoms with Gasteiger partial charge in [0.25, 0.3) is 0 Å². The van der Waals surface area contributed by atoms with Crippen LogP contribution in [0.15, 0.2) is 104 Å². The third kappa shape index (κ3) is 15.0. The Morgan fingerprint density at radius 1 is 0.900 bits per heavy atom. The topological polar surface area (TPSA) is 196 Å². The zero-order valence-electron chi connectivity index (χ0n) is 39.4. The predicted octanol–water partition coefficient (Wildman–Crippen LogP) is 6.09. The van der Waals surface area contributed by atoms with Gasteiger partial charge in [-0.15, -0.1) is 0 Å². The number of piperazine rings is 1. The van der Waals surface area contributed by atoms with Crippen LogP contribution in [0.4, 0.5) is 32.4 Å². The molecule has 0 unspecified atom stereocenters. The molecule has 21 heteroatoms. The van der Waals surface area contributed by atoms with Crippen LogP contribution >= 0.6 is 0 Å². The van der Waals surface area contributed by atoms with E-state index in [1.807, 2.05) is 54.4 Å². The summed E-state index contributed by atoms with van der Waals surface area (Å²) in [6, 6.07) is 18.7. The van der Waals surface area contributed by atoms with E-state index in [4.69, 9.17) is 9.47 Å². The number of carbonyl (C=O) groups is 3. The van der Waals surface area contributed by atoms with E-state index in [0.29, 0.717) is 29.2 Å². The van der Waals surface area contributed by atoms with Gasteiger partial charge in [0, 0.05) is 56.0 Å². The molecule has 5 N–H and O–H groups in total. The average Bonchev–Trinajstić information content (AvgIpc) is 3.81. The van der Waals surface area contributed by atoms with Gasteiger partial charge in [-0.05, 0) is 65.2 Å². The summed E-state index contributed by atoms with van der Waals surface area (Å²) in [4.78, 5) is 49.7. The van der Waals surface area contributed by atoms with E-state index in [1.165, 1.54) is 23.1 Å². The molecule has 376 valence electrons. The molecule has 1 saturated heterocycles. The third-order valence-corrected chi connectivity index (χ3v) is 11.6. The zero-order valence-corrected chi connectivity index (χ0v) is 39.4. The fourth-order valence-corrected chi connectivity index (χ4v) is 8.13. The average molecular weight is 980 g/mol. The number of β-amino-alcohol motifs (C(OH)–C–C–N with tert-alkyl or cyclic N) is 1. The number of para-hydroxylation sites is 1. The van der Waals surface area contributed by atoms with Crippen LogP contribution in [0.2, 0.25) is 0 Å². The van der Waals surface area contributed by atoms with Gasteiger partial charge < -0.3 is 30.3 Å². The van der Waals surface area contributed by atoms with Crippen molar-refractivity contribution in [3.63, 3.8) is 0 Å². The number of nitrogens with one attached hydrogen (secondary N) is 3. The van der Waals surface area contributed by atoms with Crippen molar-refractivity contribution in [1.29, 1.82) is 0 Å². The molecule has 0 saturated carbocycles. The van der Waals surface area contributed by atoms with Crippen molar-refractivity contribution in [1.82, 2.24) is 40.2 Å². The van der Waals surface area contributed by atoms with Crippen LogP contribution < -0.4 is 20.7 Å². The van der Waals surface area contributed by atoms with Gasteiger partial charge >= 0.3 is 12.3 Å². The molecule has 1 fully saturated rings. The molecule has 3 aromatic heterocycles. The summed E-state index contributed by atoms with van der Waals surface area (Å²) in [5.41, 5.74) is 1.32. The summed E-state index contributed by atoms with van der Waals surface area (Å²) in [6.07, 6.45) is -0.614. The summed E-state index contributed by atoms with van der Waals surface area (Å²) >= 11 is 0. The molecular weight excluding hydrogens is 922 g/mol. The number of fused-ring (bicyclic) bond motifs is 1. The molecule has 0 spiro atoms. The quantitative estimate of drug-likeness (QED) is 0.0805. The highest BCUT2D eigenvalue weighted by atomic mass is 19.4. The first-order chi connectivity index (χ1) is 33.0. The molecule has 0 radical (unpaired) electrons. The molecule has 7 rings (SSSR count). The SMILES string of the molecule is CC(C)(C)OC(=O)Nc1cncc(F)c1.CC(C)(c1ccn(-c2cncc(F)c2)n1)N1CCN(C[C@@H](O)C[C@@H](Cc2ccccc2)C(=O)N[C@H]2c3ccccc3OC[C@H]2O)[C@H](C(=O)NCC(F)(F)F)C1. The second-order valence-corrected chi connectivity index (χ2v) is 18.6. The number of aliphatic hydroxyl groups excluding tert-OH is 2. The minimum atomic E-state index is -4.64. The first-order valence-corrected chi connectivity index (χ1v) is 22.6. The fraction of sp³-hybridized carbons (Fsp3) is 0.429. The number of anilines is 1. The number of aromatic nitrogens is 4. The number of carbonyl (C=O) groups excluding carboxylic acids is 3. The second-order valence-electron chi connectivity index (χ2n) is 18.6. The Hall–Kier alpha value is -6.55. The van der Waals surface area contributed by atoms with Crippen LogP contribution in [-0.2, 0) is 26.3 Å².